The van der Waals surface area contributed by atoms with Crippen LogP contribution < -0.4 is 31.1 Å². The maximum atomic E-state index is 2.57. The average Bonchev–Trinajstić information content (AvgIpc) is 3.62. The van der Waals surface area contributed by atoms with Gasteiger partial charge in [0.25, 0.3) is 6.71 Å². The zero-order valence-corrected chi connectivity index (χ0v) is 34.1. The van der Waals surface area contributed by atoms with Crippen molar-refractivity contribution in [3.05, 3.63) is 223 Å². The molecule has 5 heteroatoms. The number of hydrogen-bond acceptors (Lipinski definition) is 3. The van der Waals surface area contributed by atoms with Gasteiger partial charge in [-0.3, -0.25) is 0 Å². The van der Waals surface area contributed by atoms with Crippen LogP contribution >= 0.6 is 0 Å². The van der Waals surface area contributed by atoms with Crippen molar-refractivity contribution in [2.24, 2.45) is 0 Å². The summed E-state index contributed by atoms with van der Waals surface area (Å²) in [6, 6.07) is 77.7. The highest BCUT2D eigenvalue weighted by molar-refractivity contribution is 7.00. The molecule has 1 aromatic heterocycles. The number of rotatable bonds is 6. The number of aromatic nitrogens is 1. The number of fused-ring (bicyclic) bond motifs is 7. The fourth-order valence-electron chi connectivity index (χ4n) is 10.2. The number of para-hydroxylation sites is 6. The third-order valence-corrected chi connectivity index (χ3v) is 12.7. The molecule has 0 saturated carbocycles. The van der Waals surface area contributed by atoms with Gasteiger partial charge < -0.3 is 19.3 Å². The maximum Gasteiger partial charge on any atom is 0.252 e. The Balaban J connectivity index is 1.18. The summed E-state index contributed by atoms with van der Waals surface area (Å²) in [7, 11) is 0. The summed E-state index contributed by atoms with van der Waals surface area (Å²) in [5, 5.41) is 2.44. The largest absolute Gasteiger partial charge is 0.311 e. The molecule has 288 valence electrons. The Morgan fingerprint density at radius 2 is 0.918 bits per heavy atom. The van der Waals surface area contributed by atoms with Crippen molar-refractivity contribution in [1.29, 1.82) is 0 Å². The fraction of sp³-hybridized carbons (Fsp3) is 0.0357. The Kier molecular flexibility index (Phi) is 8.04. The van der Waals surface area contributed by atoms with E-state index in [9.17, 15) is 0 Å². The van der Waals surface area contributed by atoms with Crippen molar-refractivity contribution in [3.63, 3.8) is 0 Å². The second kappa shape index (κ2) is 13.9. The Morgan fingerprint density at radius 3 is 1.59 bits per heavy atom. The van der Waals surface area contributed by atoms with Gasteiger partial charge in [-0.2, -0.15) is 0 Å². The van der Waals surface area contributed by atoms with Crippen LogP contribution in [-0.4, -0.2) is 11.3 Å². The molecule has 0 radical (unpaired) electrons. The first-order valence-corrected chi connectivity index (χ1v) is 21.2. The van der Waals surface area contributed by atoms with E-state index in [0.29, 0.717) is 0 Å². The summed E-state index contributed by atoms with van der Waals surface area (Å²) in [5.41, 5.74) is 20.5. The molecule has 0 spiro atoms. The molecule has 4 nitrogen and oxygen atoms in total. The van der Waals surface area contributed by atoms with Gasteiger partial charge in [-0.15, -0.1) is 0 Å². The molecule has 0 N–H and O–H groups in total. The van der Waals surface area contributed by atoms with Gasteiger partial charge >= 0.3 is 0 Å². The van der Waals surface area contributed by atoms with E-state index in [1.165, 1.54) is 72.2 Å². The third-order valence-electron chi connectivity index (χ3n) is 12.7. The lowest BCUT2D eigenvalue weighted by atomic mass is 9.33. The van der Waals surface area contributed by atoms with Gasteiger partial charge in [0.05, 0.1) is 16.7 Å². The molecule has 0 amide bonds. The van der Waals surface area contributed by atoms with Gasteiger partial charge in [0.15, 0.2) is 0 Å². The highest BCUT2D eigenvalue weighted by Gasteiger charge is 2.44. The van der Waals surface area contributed by atoms with Gasteiger partial charge in [0.1, 0.15) is 0 Å². The summed E-state index contributed by atoms with van der Waals surface area (Å²) < 4.78 is 2.48. The Morgan fingerprint density at radius 1 is 0.377 bits per heavy atom. The predicted molar refractivity (Wildman–Crippen MR) is 259 cm³/mol. The molecule has 0 fully saturated rings. The second-order valence-corrected chi connectivity index (χ2v) is 16.3. The molecule has 0 aliphatic carbocycles. The molecule has 0 saturated heterocycles. The zero-order chi connectivity index (χ0) is 40.6. The molecule has 2 aliphatic heterocycles. The Labute approximate surface area is 356 Å². The van der Waals surface area contributed by atoms with Gasteiger partial charge in [-0.25, -0.2) is 0 Å². The lowest BCUT2D eigenvalue weighted by Gasteiger charge is -2.44. The second-order valence-electron chi connectivity index (χ2n) is 16.3. The molecular formula is C56H41BN4. The molecule has 61 heavy (non-hydrogen) atoms. The Bertz CT molecular complexity index is 3230. The monoisotopic (exact) mass is 780 g/mol. The van der Waals surface area contributed by atoms with Crippen LogP contribution in [0.25, 0.3) is 27.5 Å². The number of nitrogens with zero attached hydrogens (tertiary/aromatic N) is 4. The van der Waals surface area contributed by atoms with Crippen LogP contribution in [0.3, 0.4) is 0 Å². The predicted octanol–water partition coefficient (Wildman–Crippen LogP) is 13.0. The topological polar surface area (TPSA) is 14.7 Å². The van der Waals surface area contributed by atoms with E-state index in [4.69, 9.17) is 0 Å². The van der Waals surface area contributed by atoms with E-state index < -0.39 is 0 Å². The van der Waals surface area contributed by atoms with Gasteiger partial charge in [0, 0.05) is 62.0 Å². The van der Waals surface area contributed by atoms with Crippen LogP contribution in [0, 0.1) is 13.8 Å². The van der Waals surface area contributed by atoms with Crippen LogP contribution in [0.2, 0.25) is 0 Å². The number of anilines is 9. The molecule has 10 aromatic rings. The van der Waals surface area contributed by atoms with E-state index in [-0.39, 0.29) is 6.71 Å². The molecular weight excluding hydrogens is 739 g/mol. The molecule has 2 aliphatic rings. The molecule has 0 unspecified atom stereocenters. The van der Waals surface area contributed by atoms with Crippen LogP contribution in [0.4, 0.5) is 51.2 Å². The van der Waals surface area contributed by atoms with Gasteiger partial charge in [0.2, 0.25) is 0 Å². The van der Waals surface area contributed by atoms with E-state index in [0.717, 1.165) is 34.0 Å². The average molecular weight is 781 g/mol. The van der Waals surface area contributed by atoms with Crippen molar-refractivity contribution < 1.29 is 0 Å². The first-order chi connectivity index (χ1) is 30.1. The van der Waals surface area contributed by atoms with Gasteiger partial charge in [-0.1, -0.05) is 121 Å². The SMILES string of the molecule is Cc1cccc(C)c1N1c2cc3c4ccc(N(c5ccccc5)c5ccccc5)cc4n(-c4ccccc4)c3cc2B2c3ccccc3N(c3ccccc3)c3cccc1c32. The zero-order valence-electron chi connectivity index (χ0n) is 34.1. The minimum atomic E-state index is 0.00628. The van der Waals surface area contributed by atoms with Crippen LogP contribution in [0.15, 0.2) is 212 Å². The normalized spacial score (nSPS) is 12.7. The standard InChI is InChI=1S/C56H41BN4/c1-38-19-17-20-39(2)56(38)61-51-32-18-31-50-55(51)57(47-29-15-16-30-49(47)59(50)42-25-11-5-12-26-42)48-37-53-46(36-54(48)61)45-34-33-44(35-52(45)60(53)43-27-13-6-14-28-43)58(40-21-7-3-8-22-40)41-23-9-4-10-24-41/h3-37H,1-2H3. The van der Waals surface area contributed by atoms with Crippen LogP contribution in [0.5, 0.6) is 0 Å². The van der Waals surface area contributed by atoms with Gasteiger partial charge in [-0.05, 0) is 132 Å². The van der Waals surface area contributed by atoms with E-state index in [1.807, 2.05) is 0 Å². The van der Waals surface area contributed by atoms with Crippen LogP contribution in [-0.2, 0) is 0 Å². The lowest BCUT2D eigenvalue weighted by molar-refractivity contribution is 1.17. The maximum absolute atomic E-state index is 2.57. The molecule has 3 heterocycles. The quantitative estimate of drug-likeness (QED) is 0.156. The smallest absolute Gasteiger partial charge is 0.252 e. The molecule has 0 atom stereocenters. The van der Waals surface area contributed by atoms with Crippen molar-refractivity contribution >= 4 is 96.1 Å². The van der Waals surface area contributed by atoms with E-state index in [1.54, 1.807) is 0 Å². The minimum absolute atomic E-state index is 0.00628. The lowest BCUT2D eigenvalue weighted by Crippen LogP contribution is -2.61. The number of aryl methyl sites for hydroxylation is 2. The minimum Gasteiger partial charge on any atom is -0.311 e. The third kappa shape index (κ3) is 5.40. The van der Waals surface area contributed by atoms with Crippen molar-refractivity contribution in [2.75, 3.05) is 14.7 Å². The number of benzene rings is 9. The summed E-state index contributed by atoms with van der Waals surface area (Å²) in [6.45, 7) is 4.51. The molecule has 12 rings (SSSR count). The number of hydrogen-bond donors (Lipinski definition) is 0. The highest BCUT2D eigenvalue weighted by atomic mass is 15.2. The van der Waals surface area contributed by atoms with Crippen molar-refractivity contribution in [3.8, 4) is 5.69 Å². The molecule has 0 bridgehead atoms. The fourth-order valence-corrected chi connectivity index (χ4v) is 10.2. The summed E-state index contributed by atoms with van der Waals surface area (Å²) in [6.07, 6.45) is 0. The summed E-state index contributed by atoms with van der Waals surface area (Å²) in [4.78, 5) is 7.39. The first-order valence-electron chi connectivity index (χ1n) is 21.2. The van der Waals surface area contributed by atoms with Crippen LogP contribution in [0.1, 0.15) is 11.1 Å². The first kappa shape index (κ1) is 35.2. The summed E-state index contributed by atoms with van der Waals surface area (Å²) >= 11 is 0. The molecule has 9 aromatic carbocycles. The summed E-state index contributed by atoms with van der Waals surface area (Å²) in [5.74, 6) is 0. The van der Waals surface area contributed by atoms with E-state index >= 15 is 0 Å². The Hall–Kier alpha value is -7.76. The van der Waals surface area contributed by atoms with Crippen molar-refractivity contribution in [2.45, 2.75) is 13.8 Å². The van der Waals surface area contributed by atoms with E-state index in [2.05, 4.69) is 245 Å². The van der Waals surface area contributed by atoms with Crippen molar-refractivity contribution in [1.82, 2.24) is 4.57 Å². The highest BCUT2D eigenvalue weighted by Crippen LogP contribution is 2.47.